The number of aromatic hydroxyl groups is 1. The van der Waals surface area contributed by atoms with Gasteiger partial charge in [-0.25, -0.2) is 0 Å². The monoisotopic (exact) mass is 774 g/mol. The van der Waals surface area contributed by atoms with E-state index in [2.05, 4.69) is 22.6 Å². The lowest BCUT2D eigenvalue weighted by molar-refractivity contribution is 0.104. The molecule has 250 valence electrons. The lowest BCUT2D eigenvalue weighted by atomic mass is 10.1. The highest BCUT2D eigenvalue weighted by molar-refractivity contribution is 14.1. The van der Waals surface area contributed by atoms with Crippen molar-refractivity contribution in [2.75, 3.05) is 0 Å². The van der Waals surface area contributed by atoms with Crippen molar-refractivity contribution in [2.24, 2.45) is 0 Å². The minimum Gasteiger partial charge on any atom is -0.507 e. The maximum Gasteiger partial charge on any atom is 0.193 e. The molecule has 0 aromatic heterocycles. The van der Waals surface area contributed by atoms with E-state index in [0.717, 1.165) is 25.8 Å². The fraction of sp³-hybridized carbons (Fsp3) is 0.0930. The van der Waals surface area contributed by atoms with Gasteiger partial charge in [0.1, 0.15) is 60.7 Å². The normalized spacial score (nSPS) is 10.9. The van der Waals surface area contributed by atoms with Gasteiger partial charge in [-0.05, 0) is 63.1 Å². The molecule has 0 unspecified atom stereocenters. The summed E-state index contributed by atoms with van der Waals surface area (Å²) in [5.74, 6) is 1.14. The first-order valence-corrected chi connectivity index (χ1v) is 17.2. The van der Waals surface area contributed by atoms with Crippen LogP contribution in [0.2, 0.25) is 0 Å². The number of ketones is 1. The minimum absolute atomic E-state index is 0.0357. The van der Waals surface area contributed by atoms with E-state index in [0.29, 0.717) is 42.6 Å². The second-order valence-corrected chi connectivity index (χ2v) is 12.6. The van der Waals surface area contributed by atoms with E-state index in [-0.39, 0.29) is 23.7 Å². The predicted molar refractivity (Wildman–Crippen MR) is 204 cm³/mol. The molecule has 0 amide bonds. The Balaban J connectivity index is 1.27. The van der Waals surface area contributed by atoms with Crippen LogP contribution in [0.3, 0.4) is 0 Å². The minimum atomic E-state index is -0.436. The lowest BCUT2D eigenvalue weighted by Crippen LogP contribution is -2.05. The van der Waals surface area contributed by atoms with Gasteiger partial charge in [0.05, 0.1) is 3.57 Å². The quantitative estimate of drug-likeness (QED) is 0.0636. The first-order chi connectivity index (χ1) is 24.5. The zero-order chi connectivity index (χ0) is 34.5. The van der Waals surface area contributed by atoms with E-state index in [4.69, 9.17) is 18.9 Å². The average Bonchev–Trinajstić information content (AvgIpc) is 3.16. The molecule has 0 aliphatic carbocycles. The van der Waals surface area contributed by atoms with E-state index in [1.165, 1.54) is 12.1 Å². The number of carbonyl (C=O) groups is 1. The zero-order valence-electron chi connectivity index (χ0n) is 27.2. The predicted octanol–water partition coefficient (Wildman–Crippen LogP) is 10.2. The van der Waals surface area contributed by atoms with Crippen molar-refractivity contribution in [1.82, 2.24) is 0 Å². The molecule has 6 aromatic carbocycles. The van der Waals surface area contributed by atoms with Crippen LogP contribution >= 0.6 is 22.6 Å². The molecule has 50 heavy (non-hydrogen) atoms. The average molecular weight is 775 g/mol. The van der Waals surface area contributed by atoms with Crippen LogP contribution < -0.4 is 18.9 Å². The van der Waals surface area contributed by atoms with Crippen molar-refractivity contribution in [3.63, 3.8) is 0 Å². The van der Waals surface area contributed by atoms with Crippen LogP contribution in [-0.4, -0.2) is 10.9 Å². The summed E-state index contributed by atoms with van der Waals surface area (Å²) >= 11 is 2.22. The Morgan fingerprint density at radius 1 is 0.540 bits per heavy atom. The molecule has 0 saturated carbocycles. The largest absolute Gasteiger partial charge is 0.507 e. The van der Waals surface area contributed by atoms with E-state index in [1.807, 2.05) is 133 Å². The van der Waals surface area contributed by atoms with Crippen LogP contribution in [0.15, 0.2) is 152 Å². The third-order valence-corrected chi connectivity index (χ3v) is 8.58. The first-order valence-electron chi connectivity index (χ1n) is 16.1. The maximum atomic E-state index is 13.8. The van der Waals surface area contributed by atoms with Gasteiger partial charge in [0.2, 0.25) is 0 Å². The van der Waals surface area contributed by atoms with Crippen LogP contribution in [0.25, 0.3) is 6.08 Å². The van der Waals surface area contributed by atoms with Crippen LogP contribution in [0.1, 0.15) is 38.2 Å². The highest BCUT2D eigenvalue weighted by Crippen LogP contribution is 2.36. The summed E-state index contributed by atoms with van der Waals surface area (Å²) < 4.78 is 25.4. The smallest absolute Gasteiger partial charge is 0.193 e. The van der Waals surface area contributed by atoms with Crippen molar-refractivity contribution in [2.45, 2.75) is 26.4 Å². The standard InChI is InChI=1S/C43H35IO6/c44-37-23-35(40(48-28-32-15-7-2-8-16-32)26-41(37)49-29-33-17-9-3-10-18-33)21-22-38(45)43-39(46)24-36(47-27-31-13-5-1-6-14-31)25-42(43)50-30-34-19-11-4-12-20-34/h1-26,46H,27-30H2/b22-21+. The molecule has 6 nitrogen and oxygen atoms in total. The summed E-state index contributed by atoms with van der Waals surface area (Å²) in [6.45, 7) is 1.23. The molecule has 6 rings (SSSR count). The Hall–Kier alpha value is -5.54. The summed E-state index contributed by atoms with van der Waals surface area (Å²) in [5, 5.41) is 11.2. The van der Waals surface area contributed by atoms with Gasteiger partial charge in [-0.1, -0.05) is 121 Å². The first kappa shape index (κ1) is 34.3. The number of phenolic OH excluding ortho intramolecular Hbond substituents is 1. The van der Waals surface area contributed by atoms with E-state index >= 15 is 0 Å². The molecule has 0 radical (unpaired) electrons. The second-order valence-electron chi connectivity index (χ2n) is 11.4. The highest BCUT2D eigenvalue weighted by atomic mass is 127. The Labute approximate surface area is 305 Å². The van der Waals surface area contributed by atoms with Crippen LogP contribution in [0.5, 0.6) is 28.7 Å². The van der Waals surface area contributed by atoms with Crippen molar-refractivity contribution in [3.05, 3.63) is 189 Å². The Kier molecular flexibility index (Phi) is 11.8. The number of allylic oxidation sites excluding steroid dienone is 1. The molecule has 0 spiro atoms. The van der Waals surface area contributed by atoms with Crippen molar-refractivity contribution in [1.29, 1.82) is 0 Å². The number of phenols is 1. The Bertz CT molecular complexity index is 2030. The van der Waals surface area contributed by atoms with Gasteiger partial charge in [0, 0.05) is 23.8 Å². The molecule has 0 fully saturated rings. The van der Waals surface area contributed by atoms with E-state index in [1.54, 1.807) is 12.1 Å². The maximum absolute atomic E-state index is 13.8. The van der Waals surface area contributed by atoms with Crippen molar-refractivity contribution < 1.29 is 28.8 Å². The number of halogens is 1. The summed E-state index contributed by atoms with van der Waals surface area (Å²) in [5.41, 5.74) is 4.65. The Morgan fingerprint density at radius 3 is 1.48 bits per heavy atom. The summed E-state index contributed by atoms with van der Waals surface area (Å²) in [6.07, 6.45) is 3.10. The third kappa shape index (κ3) is 9.54. The summed E-state index contributed by atoms with van der Waals surface area (Å²) in [6, 6.07) is 46.0. The molecule has 0 aliphatic heterocycles. The number of hydrogen-bond acceptors (Lipinski definition) is 6. The third-order valence-electron chi connectivity index (χ3n) is 7.74. The zero-order valence-corrected chi connectivity index (χ0v) is 29.4. The molecule has 7 heteroatoms. The lowest BCUT2D eigenvalue weighted by Gasteiger charge is -2.15. The van der Waals surface area contributed by atoms with Gasteiger partial charge < -0.3 is 24.1 Å². The van der Waals surface area contributed by atoms with Crippen LogP contribution in [0.4, 0.5) is 0 Å². The number of hydrogen-bond donors (Lipinski definition) is 1. The molecule has 0 saturated heterocycles. The highest BCUT2D eigenvalue weighted by Gasteiger charge is 2.19. The topological polar surface area (TPSA) is 74.2 Å². The molecular weight excluding hydrogens is 739 g/mol. The molecule has 6 aromatic rings. The van der Waals surface area contributed by atoms with E-state index < -0.39 is 5.78 Å². The van der Waals surface area contributed by atoms with Gasteiger partial charge in [0.25, 0.3) is 0 Å². The molecule has 0 heterocycles. The molecule has 0 bridgehead atoms. The molecular formula is C43H35IO6. The number of rotatable bonds is 15. The van der Waals surface area contributed by atoms with Gasteiger partial charge in [0.15, 0.2) is 5.78 Å². The van der Waals surface area contributed by atoms with Crippen LogP contribution in [0, 0.1) is 3.57 Å². The SMILES string of the molecule is O=C(/C=C/c1cc(I)c(OCc2ccccc2)cc1OCc1ccccc1)c1c(O)cc(OCc2ccccc2)cc1OCc1ccccc1. The van der Waals surface area contributed by atoms with Gasteiger partial charge >= 0.3 is 0 Å². The molecule has 0 atom stereocenters. The van der Waals surface area contributed by atoms with Crippen molar-refractivity contribution >= 4 is 34.5 Å². The Morgan fingerprint density at radius 2 is 0.980 bits per heavy atom. The molecule has 1 N–H and O–H groups in total. The summed E-state index contributed by atoms with van der Waals surface area (Å²) in [4.78, 5) is 13.8. The van der Waals surface area contributed by atoms with Gasteiger partial charge in [-0.3, -0.25) is 4.79 Å². The van der Waals surface area contributed by atoms with Crippen molar-refractivity contribution in [3.8, 4) is 28.7 Å². The van der Waals surface area contributed by atoms with E-state index in [9.17, 15) is 9.90 Å². The number of ether oxygens (including phenoxy) is 4. The van der Waals surface area contributed by atoms with Crippen LogP contribution in [-0.2, 0) is 26.4 Å². The van der Waals surface area contributed by atoms with Gasteiger partial charge in [-0.15, -0.1) is 0 Å². The molecule has 0 aliphatic rings. The second kappa shape index (κ2) is 17.2. The summed E-state index contributed by atoms with van der Waals surface area (Å²) in [7, 11) is 0. The fourth-order valence-electron chi connectivity index (χ4n) is 5.13. The van der Waals surface area contributed by atoms with Gasteiger partial charge in [-0.2, -0.15) is 0 Å². The number of benzene rings is 6. The number of carbonyl (C=O) groups excluding carboxylic acids is 1. The fourth-order valence-corrected chi connectivity index (χ4v) is 5.78.